The number of hydrogen-bond acceptors (Lipinski definition) is 8. The van der Waals surface area contributed by atoms with E-state index < -0.39 is 52.1 Å². The van der Waals surface area contributed by atoms with Gasteiger partial charge in [0.2, 0.25) is 5.72 Å². The van der Waals surface area contributed by atoms with Gasteiger partial charge in [0.25, 0.3) is 9.70 Å². The van der Waals surface area contributed by atoms with Crippen molar-refractivity contribution in [1.82, 2.24) is 5.32 Å². The van der Waals surface area contributed by atoms with E-state index in [9.17, 15) is 19.5 Å². The summed E-state index contributed by atoms with van der Waals surface area (Å²) in [5.41, 5.74) is -2.23. The van der Waals surface area contributed by atoms with Gasteiger partial charge in [0.05, 0.1) is 19.6 Å². The zero-order valence-electron chi connectivity index (χ0n) is 15.5. The molecule has 1 amide bonds. The van der Waals surface area contributed by atoms with Crippen LogP contribution in [0.3, 0.4) is 0 Å². The van der Waals surface area contributed by atoms with Crippen molar-refractivity contribution < 1.29 is 38.4 Å². The third kappa shape index (κ3) is 5.91. The summed E-state index contributed by atoms with van der Waals surface area (Å²) in [5.74, 6) is -3.18. The number of ether oxygens (including phenoxy) is 4. The van der Waals surface area contributed by atoms with Crippen molar-refractivity contribution in [3.8, 4) is 0 Å². The van der Waals surface area contributed by atoms with Crippen molar-refractivity contribution in [2.45, 2.75) is 67.2 Å². The SMILES string of the molecule is CC(=O)CCC(=O)O[C@H]1[C@@H]2OC(C)(C)OC[C@H]2OC[C@@]1(O)NC(=O)C(Cl)(Cl)Cl. The molecule has 28 heavy (non-hydrogen) atoms. The predicted octanol–water partition coefficient (Wildman–Crippen LogP) is 0.993. The van der Waals surface area contributed by atoms with Crippen molar-refractivity contribution in [3.63, 3.8) is 0 Å². The standard InChI is InChI=1S/C16H22Cl3NO8/c1-8(21)4-5-10(22)27-12-11-9(6-26-14(2,3)28-11)25-7-15(12,24)20-13(23)16(17,18)19/h9,11-12,24H,4-7H2,1-3H3,(H,20,23)/t9-,11-,12+,15+/m1/s1. The molecular formula is C16H22Cl3NO8. The Labute approximate surface area is 176 Å². The summed E-state index contributed by atoms with van der Waals surface area (Å²) < 4.78 is 19.8. The first kappa shape index (κ1) is 23.6. The molecule has 0 aromatic heterocycles. The molecule has 0 aromatic rings. The molecule has 0 radical (unpaired) electrons. The van der Waals surface area contributed by atoms with Crippen LogP contribution in [0, 0.1) is 0 Å². The summed E-state index contributed by atoms with van der Waals surface area (Å²) in [7, 11) is 0. The highest BCUT2D eigenvalue weighted by Crippen LogP contribution is 2.36. The first-order chi connectivity index (χ1) is 12.7. The van der Waals surface area contributed by atoms with Crippen LogP contribution >= 0.6 is 34.8 Å². The fourth-order valence-corrected chi connectivity index (χ4v) is 2.96. The number of ketones is 1. The third-order valence-electron chi connectivity index (χ3n) is 4.20. The molecular weight excluding hydrogens is 441 g/mol. The molecule has 2 aliphatic rings. The molecule has 0 aromatic carbocycles. The van der Waals surface area contributed by atoms with E-state index in [0.717, 1.165) is 0 Å². The van der Waals surface area contributed by atoms with Gasteiger partial charge in [-0.25, -0.2) is 0 Å². The second-order valence-electron chi connectivity index (χ2n) is 7.13. The topological polar surface area (TPSA) is 120 Å². The van der Waals surface area contributed by atoms with Crippen molar-refractivity contribution in [2.24, 2.45) is 0 Å². The Morgan fingerprint density at radius 1 is 1.25 bits per heavy atom. The maximum Gasteiger partial charge on any atom is 0.306 e. The van der Waals surface area contributed by atoms with Gasteiger partial charge in [0.15, 0.2) is 11.9 Å². The molecule has 2 rings (SSSR count). The average Bonchev–Trinajstić information content (AvgIpc) is 2.54. The molecule has 0 unspecified atom stereocenters. The van der Waals surface area contributed by atoms with Gasteiger partial charge < -0.3 is 34.2 Å². The maximum atomic E-state index is 12.2. The second kappa shape index (κ2) is 8.59. The van der Waals surface area contributed by atoms with E-state index in [1.807, 2.05) is 0 Å². The lowest BCUT2D eigenvalue weighted by atomic mass is 9.93. The molecule has 2 N–H and O–H groups in total. The lowest BCUT2D eigenvalue weighted by molar-refractivity contribution is -0.362. The fourth-order valence-electron chi connectivity index (χ4n) is 2.82. The normalized spacial score (nSPS) is 32.2. The Hall–Kier alpha value is -0.680. The van der Waals surface area contributed by atoms with Crippen molar-refractivity contribution >= 4 is 52.5 Å². The quantitative estimate of drug-likeness (QED) is 0.353. The van der Waals surface area contributed by atoms with E-state index in [4.69, 9.17) is 53.8 Å². The van der Waals surface area contributed by atoms with Crippen LogP contribution in [0.5, 0.6) is 0 Å². The number of halogens is 3. The van der Waals surface area contributed by atoms with Crippen molar-refractivity contribution in [1.29, 1.82) is 0 Å². The zero-order valence-corrected chi connectivity index (χ0v) is 17.8. The Kier molecular flexibility index (Phi) is 7.24. The van der Waals surface area contributed by atoms with Gasteiger partial charge in [-0.2, -0.15) is 0 Å². The molecule has 0 bridgehead atoms. The molecule has 0 aliphatic carbocycles. The largest absolute Gasteiger partial charge is 0.454 e. The minimum Gasteiger partial charge on any atom is -0.454 e. The molecule has 2 heterocycles. The third-order valence-corrected chi connectivity index (χ3v) is 4.71. The van der Waals surface area contributed by atoms with Gasteiger partial charge in [0.1, 0.15) is 18.0 Å². The smallest absolute Gasteiger partial charge is 0.306 e. The highest BCUT2D eigenvalue weighted by molar-refractivity contribution is 6.76. The minimum absolute atomic E-state index is 0.0372. The highest BCUT2D eigenvalue weighted by atomic mass is 35.6. The van der Waals surface area contributed by atoms with E-state index in [2.05, 4.69) is 5.32 Å². The summed E-state index contributed by atoms with van der Waals surface area (Å²) in [5, 5.41) is 13.1. The molecule has 9 nitrogen and oxygen atoms in total. The van der Waals surface area contributed by atoms with E-state index in [1.54, 1.807) is 13.8 Å². The van der Waals surface area contributed by atoms with Gasteiger partial charge in [-0.05, 0) is 20.8 Å². The monoisotopic (exact) mass is 461 g/mol. The summed E-state index contributed by atoms with van der Waals surface area (Å²) in [6.45, 7) is 4.22. The fraction of sp³-hybridized carbons (Fsp3) is 0.812. The van der Waals surface area contributed by atoms with Crippen LogP contribution in [0.1, 0.15) is 33.6 Å². The lowest BCUT2D eigenvalue weighted by Crippen LogP contribution is -2.73. The number of carbonyl (C=O) groups excluding carboxylic acids is 3. The Balaban J connectivity index is 2.27. The maximum absolute atomic E-state index is 12.2. The first-order valence-corrected chi connectivity index (χ1v) is 9.61. The predicted molar refractivity (Wildman–Crippen MR) is 97.8 cm³/mol. The Morgan fingerprint density at radius 3 is 2.46 bits per heavy atom. The van der Waals surface area contributed by atoms with E-state index >= 15 is 0 Å². The van der Waals surface area contributed by atoms with Crippen LogP contribution in [-0.2, 0) is 33.3 Å². The molecule has 160 valence electrons. The molecule has 0 saturated carbocycles. The number of alkyl halides is 3. The van der Waals surface area contributed by atoms with E-state index in [1.165, 1.54) is 6.92 Å². The molecule has 2 saturated heterocycles. The van der Waals surface area contributed by atoms with Crippen molar-refractivity contribution in [3.05, 3.63) is 0 Å². The molecule has 2 aliphatic heterocycles. The summed E-state index contributed by atoms with van der Waals surface area (Å²) in [6, 6.07) is 0. The number of amides is 1. The average molecular weight is 463 g/mol. The summed E-state index contributed by atoms with van der Waals surface area (Å²) >= 11 is 16.7. The van der Waals surface area contributed by atoms with Crippen LogP contribution in [0.2, 0.25) is 0 Å². The molecule has 0 spiro atoms. The first-order valence-electron chi connectivity index (χ1n) is 8.47. The zero-order chi connectivity index (χ0) is 21.3. The Morgan fingerprint density at radius 2 is 1.89 bits per heavy atom. The summed E-state index contributed by atoms with van der Waals surface area (Å²) in [6.07, 6.45) is -3.31. The number of rotatable bonds is 5. The van der Waals surface area contributed by atoms with Gasteiger partial charge in [0, 0.05) is 6.42 Å². The molecule has 4 atom stereocenters. The number of Topliss-reactive ketones (excluding diaryl/α,β-unsaturated/α-hetero) is 1. The van der Waals surface area contributed by atoms with Crippen LogP contribution in [0.25, 0.3) is 0 Å². The number of nitrogens with one attached hydrogen (secondary N) is 1. The second-order valence-corrected chi connectivity index (χ2v) is 9.41. The van der Waals surface area contributed by atoms with Gasteiger partial charge in [-0.3, -0.25) is 9.59 Å². The van der Waals surface area contributed by atoms with Crippen LogP contribution in [-0.4, -0.2) is 69.6 Å². The minimum atomic E-state index is -2.37. The summed E-state index contributed by atoms with van der Waals surface area (Å²) in [4.78, 5) is 35.4. The molecule has 2 fully saturated rings. The molecule has 12 heteroatoms. The number of fused-ring (bicyclic) bond motifs is 1. The van der Waals surface area contributed by atoms with Gasteiger partial charge >= 0.3 is 5.97 Å². The Bertz CT molecular complexity index is 638. The van der Waals surface area contributed by atoms with Gasteiger partial charge in [-0.1, -0.05) is 34.8 Å². The highest BCUT2D eigenvalue weighted by Gasteiger charge is 2.57. The van der Waals surface area contributed by atoms with Crippen LogP contribution in [0.15, 0.2) is 0 Å². The van der Waals surface area contributed by atoms with E-state index in [-0.39, 0.29) is 25.2 Å². The van der Waals surface area contributed by atoms with Crippen LogP contribution in [0.4, 0.5) is 0 Å². The van der Waals surface area contributed by atoms with Gasteiger partial charge in [-0.15, -0.1) is 0 Å². The number of esters is 1. The lowest BCUT2D eigenvalue weighted by Gasteiger charge is -2.51. The van der Waals surface area contributed by atoms with Crippen LogP contribution < -0.4 is 5.32 Å². The van der Waals surface area contributed by atoms with E-state index in [0.29, 0.717) is 0 Å². The van der Waals surface area contributed by atoms with Crippen molar-refractivity contribution in [2.75, 3.05) is 13.2 Å². The number of aliphatic hydroxyl groups is 1. The number of hydrogen-bond donors (Lipinski definition) is 2. The number of carbonyl (C=O) groups is 3.